The van der Waals surface area contributed by atoms with Crippen LogP contribution in [0, 0.1) is 0 Å². The van der Waals surface area contributed by atoms with Gasteiger partial charge in [-0.05, 0) is 7.05 Å². The minimum absolute atomic E-state index is 1.54. The van der Waals surface area contributed by atoms with Crippen LogP contribution in [0.2, 0.25) is 1.41 Å². The predicted molar refractivity (Wildman–Crippen MR) is 21.5 cm³/mol. The van der Waals surface area contributed by atoms with E-state index in [-0.39, 0.29) is 0 Å². The van der Waals surface area contributed by atoms with Crippen molar-refractivity contribution in [2.45, 2.75) is 13.8 Å². The average molecular weight is 62.1 g/mol. The molecule has 0 aliphatic heterocycles. The summed E-state index contributed by atoms with van der Waals surface area (Å²) in [6.45, 7) is 4.00. The highest BCUT2D eigenvalue weighted by Gasteiger charge is 0.932. The standard InChI is InChI=1S/C2H6.CH5N/c2*1-2/h1-2H3;2H2,1H3/i/hD. The van der Waals surface area contributed by atoms with Gasteiger partial charge < -0.3 is 5.73 Å². The monoisotopic (exact) mass is 62.1 g/mol. The molecule has 0 unspecified atom stereocenters. The number of rotatable bonds is 0. The largest absolute Gasteiger partial charge is 0.333 e. The molecule has 0 rings (SSSR count). The second-order valence-electron chi connectivity index (χ2n) is 0. The van der Waals surface area contributed by atoms with E-state index < -0.39 is 0 Å². The summed E-state index contributed by atoms with van der Waals surface area (Å²) in [5, 5.41) is 0. The van der Waals surface area contributed by atoms with E-state index in [4.69, 9.17) is 1.41 Å². The molecule has 0 aromatic heterocycles. The Labute approximate surface area is 29.3 Å². The first kappa shape index (κ1) is 3.96. The second-order valence-corrected chi connectivity index (χ2v) is 0. The average Bonchev–Trinajstić information content (AvgIpc) is 1.46. The molecule has 0 bridgehead atoms. The molecule has 1 heteroatoms. The summed E-state index contributed by atoms with van der Waals surface area (Å²) in [5.74, 6) is 0. The third-order valence-electron chi connectivity index (χ3n) is 0. The lowest BCUT2D eigenvalue weighted by Crippen LogP contribution is -1.69. The highest BCUT2D eigenvalue weighted by Crippen LogP contribution is 1.14. The Kier molecular flexibility index (Phi) is 7040. The van der Waals surface area contributed by atoms with Crippen molar-refractivity contribution in [2.24, 2.45) is 5.73 Å². The van der Waals surface area contributed by atoms with Crippen LogP contribution in [0.5, 0.6) is 0 Å². The summed E-state index contributed by atoms with van der Waals surface area (Å²) in [6, 6.07) is 0. The molecule has 0 aromatic rings. The van der Waals surface area contributed by atoms with Gasteiger partial charge in [0, 0.05) is 0 Å². The van der Waals surface area contributed by atoms with Crippen molar-refractivity contribution in [1.82, 2.24) is 0 Å². The summed E-state index contributed by atoms with van der Waals surface area (Å²) < 4.78 is 5.96. The van der Waals surface area contributed by atoms with E-state index in [1.807, 2.05) is 19.6 Å². The Morgan fingerprint density at radius 1 is 1.75 bits per heavy atom. The molecule has 0 aliphatic carbocycles. The number of hydrogen-bond acceptors (Lipinski definition) is 1. The van der Waals surface area contributed by atoms with Crippen LogP contribution in [0.25, 0.3) is 0 Å². The molecule has 1 nitrogen and oxygen atoms in total. The van der Waals surface area contributed by atoms with E-state index in [0.717, 1.165) is 0 Å². The van der Waals surface area contributed by atoms with Crippen LogP contribution in [-0.2, 0) is 0 Å². The van der Waals surface area contributed by atoms with Crippen LogP contribution < -0.4 is 5.73 Å². The van der Waals surface area contributed by atoms with Crippen molar-refractivity contribution < 1.29 is 1.41 Å². The highest BCUT2D eigenvalue weighted by atomic mass is 14.4. The zero-order valence-electron chi connectivity index (χ0n) is 4.50. The molecule has 0 aliphatic rings. The van der Waals surface area contributed by atoms with Gasteiger partial charge in [-0.1, -0.05) is 13.8 Å². The molecule has 0 aromatic carbocycles. The molecular formula is C3H11N. The van der Waals surface area contributed by atoms with Crippen molar-refractivity contribution in [3.8, 4) is 0 Å². The fourth-order valence-electron chi connectivity index (χ4n) is 0. The maximum Gasteiger partial charge on any atom is 0.118 e. The third kappa shape index (κ3) is 1130. The minimum Gasteiger partial charge on any atom is -0.333 e. The van der Waals surface area contributed by atoms with Crippen LogP contribution in [0.1, 0.15) is 13.8 Å². The first-order valence-electron chi connectivity index (χ1n) is 2.00. The fraction of sp³-hybridized carbons (Fsp3) is 1.00. The second kappa shape index (κ2) is 7110. The molecule has 0 saturated heterocycles. The van der Waals surface area contributed by atoms with Crippen LogP contribution in [0.4, 0.5) is 0 Å². The Hall–Kier alpha value is -0.0400. The summed E-state index contributed by atoms with van der Waals surface area (Å²) in [6.07, 6.45) is 0. The minimum atomic E-state index is 1.54. The van der Waals surface area contributed by atoms with Crippen molar-refractivity contribution in [3.63, 3.8) is 0 Å². The predicted octanol–water partition coefficient (Wildman–Crippen LogP) is 0.601. The Bertz CT molecular complexity index is 6.85. The molecule has 0 amide bonds. The van der Waals surface area contributed by atoms with Crippen molar-refractivity contribution in [2.75, 3.05) is 7.05 Å². The summed E-state index contributed by atoms with van der Waals surface area (Å²) >= 11 is 0. The molecular weight excluding hydrogens is 50.0 g/mol. The lowest BCUT2D eigenvalue weighted by atomic mass is 11.0. The lowest BCUT2D eigenvalue weighted by Gasteiger charge is -1.19. The van der Waals surface area contributed by atoms with Gasteiger partial charge in [-0.3, -0.25) is 0 Å². The van der Waals surface area contributed by atoms with Gasteiger partial charge in [0.25, 0.3) is 0 Å². The number of nitrogens with two attached hydrogens (primary N) is 1. The van der Waals surface area contributed by atoms with Crippen molar-refractivity contribution in [3.05, 3.63) is 0 Å². The zero-order valence-corrected chi connectivity index (χ0v) is 3.50. The van der Waals surface area contributed by atoms with Gasteiger partial charge >= 0.3 is 0 Å². The maximum atomic E-state index is 5.96. The summed E-state index contributed by atoms with van der Waals surface area (Å²) in [5.41, 5.74) is 2.00. The Morgan fingerprint density at radius 2 is 1.75 bits per heavy atom. The van der Waals surface area contributed by atoms with E-state index in [1.165, 1.54) is 0 Å². The van der Waals surface area contributed by atoms with Gasteiger partial charge in [0.1, 0.15) is 1.41 Å². The lowest BCUT2D eigenvalue weighted by molar-refractivity contribution is 1.48. The summed E-state index contributed by atoms with van der Waals surface area (Å²) in [7, 11) is 1.54. The van der Waals surface area contributed by atoms with Crippen LogP contribution in [-0.4, -0.2) is 7.05 Å². The SMILES string of the molecule is CC.[2H]NC. The van der Waals surface area contributed by atoms with E-state index in [1.54, 1.807) is 7.05 Å². The van der Waals surface area contributed by atoms with Crippen LogP contribution >= 0.6 is 0 Å². The van der Waals surface area contributed by atoms with E-state index >= 15 is 0 Å². The van der Waals surface area contributed by atoms with Gasteiger partial charge in [-0.15, -0.1) is 0 Å². The Morgan fingerprint density at radius 3 is 1.75 bits per heavy atom. The van der Waals surface area contributed by atoms with Gasteiger partial charge in [-0.25, -0.2) is 0 Å². The number of hydrogen-bond donors (Lipinski definition) is 1. The van der Waals surface area contributed by atoms with Crippen molar-refractivity contribution in [1.29, 1.82) is 0 Å². The molecule has 0 heterocycles. The molecule has 28 valence electrons. The fourth-order valence-corrected chi connectivity index (χ4v) is 0. The molecule has 4 heavy (non-hydrogen) atoms. The first-order chi connectivity index (χ1) is 2.41. The van der Waals surface area contributed by atoms with Crippen LogP contribution in [0.3, 0.4) is 0 Å². The van der Waals surface area contributed by atoms with Gasteiger partial charge in [-0.2, -0.15) is 0 Å². The van der Waals surface area contributed by atoms with Crippen LogP contribution in [0.15, 0.2) is 0 Å². The van der Waals surface area contributed by atoms with Gasteiger partial charge in [0.2, 0.25) is 0 Å². The maximum absolute atomic E-state index is 5.96. The topological polar surface area (TPSA) is 26.0 Å². The molecule has 0 radical (unpaired) electrons. The molecule has 0 fully saturated rings. The highest BCUT2D eigenvalue weighted by molar-refractivity contribution is 3.54. The molecule has 2 N–H and O–H groups in total. The first-order valence-corrected chi connectivity index (χ1v) is 1.50. The third-order valence-corrected chi connectivity index (χ3v) is 0. The van der Waals surface area contributed by atoms with Gasteiger partial charge in [0.05, 0.1) is 0 Å². The Balaban J connectivity index is 0. The van der Waals surface area contributed by atoms with E-state index in [9.17, 15) is 0 Å². The van der Waals surface area contributed by atoms with E-state index in [0.29, 0.717) is 0 Å². The quantitative estimate of drug-likeness (QED) is 0.437. The van der Waals surface area contributed by atoms with Crippen molar-refractivity contribution >= 4 is 0 Å². The zero-order chi connectivity index (χ0) is 4.71. The molecule has 0 atom stereocenters. The van der Waals surface area contributed by atoms with E-state index in [2.05, 4.69) is 0 Å². The molecule has 0 saturated carbocycles. The normalized spacial score (nSPS) is 6.25. The smallest absolute Gasteiger partial charge is 0.118 e. The molecule has 0 spiro atoms. The summed E-state index contributed by atoms with van der Waals surface area (Å²) in [4.78, 5) is 0. The van der Waals surface area contributed by atoms with Gasteiger partial charge in [0.15, 0.2) is 0 Å².